The van der Waals surface area contributed by atoms with Crippen LogP contribution in [0.15, 0.2) is 54.9 Å². The van der Waals surface area contributed by atoms with E-state index in [2.05, 4.69) is 53.7 Å². The summed E-state index contributed by atoms with van der Waals surface area (Å²) in [6.45, 7) is 0. The number of rotatable bonds is 1. The highest BCUT2D eigenvalue weighted by Gasteiger charge is 2.06. The summed E-state index contributed by atoms with van der Waals surface area (Å²) in [4.78, 5) is 2.06. The molecule has 66 valence electrons. The van der Waals surface area contributed by atoms with Gasteiger partial charge in [-0.1, -0.05) is 42.5 Å². The smallest absolute Gasteiger partial charge is 0.0233 e. The molecule has 1 nitrogen and oxygen atoms in total. The second kappa shape index (κ2) is 3.48. The van der Waals surface area contributed by atoms with Gasteiger partial charge in [-0.05, 0) is 5.56 Å². The van der Waals surface area contributed by atoms with Crippen LogP contribution in [0.25, 0.3) is 0 Å². The van der Waals surface area contributed by atoms with Gasteiger partial charge in [-0.2, -0.15) is 0 Å². The first-order valence-corrected chi connectivity index (χ1v) is 4.50. The summed E-state index contributed by atoms with van der Waals surface area (Å²) in [6.07, 6.45) is 8.60. The molecule has 1 aromatic rings. The maximum absolute atomic E-state index is 2.20. The van der Waals surface area contributed by atoms with Crippen LogP contribution in [0.3, 0.4) is 0 Å². The van der Waals surface area contributed by atoms with E-state index in [-0.39, 0.29) is 0 Å². The van der Waals surface area contributed by atoms with Crippen molar-refractivity contribution in [2.75, 3.05) is 7.05 Å². The number of hydrogen-bond donors (Lipinski definition) is 0. The number of benzene rings is 1. The van der Waals surface area contributed by atoms with Crippen LogP contribution < -0.4 is 0 Å². The minimum absolute atomic E-state index is 0.442. The number of allylic oxidation sites excluding steroid dienone is 2. The molecular weight excluding hydrogens is 158 g/mol. The van der Waals surface area contributed by atoms with Gasteiger partial charge in [0.1, 0.15) is 0 Å². The Kier molecular flexibility index (Phi) is 2.17. The fourth-order valence-electron chi connectivity index (χ4n) is 1.47. The van der Waals surface area contributed by atoms with Gasteiger partial charge in [-0.25, -0.2) is 0 Å². The van der Waals surface area contributed by atoms with Gasteiger partial charge in [0.25, 0.3) is 0 Å². The van der Waals surface area contributed by atoms with Gasteiger partial charge in [0.2, 0.25) is 0 Å². The van der Waals surface area contributed by atoms with Crippen molar-refractivity contribution in [2.45, 2.75) is 5.92 Å². The summed E-state index contributed by atoms with van der Waals surface area (Å²) in [7, 11) is 2.04. The zero-order valence-electron chi connectivity index (χ0n) is 7.72. The lowest BCUT2D eigenvalue weighted by Gasteiger charge is -2.17. The van der Waals surface area contributed by atoms with E-state index in [0.717, 1.165) is 0 Å². The molecule has 0 unspecified atom stereocenters. The van der Waals surface area contributed by atoms with Crippen molar-refractivity contribution >= 4 is 0 Å². The van der Waals surface area contributed by atoms with Crippen LogP contribution in [0.4, 0.5) is 0 Å². The highest BCUT2D eigenvalue weighted by atomic mass is 15.0. The zero-order chi connectivity index (χ0) is 9.10. The molecule has 0 saturated heterocycles. The predicted molar refractivity (Wildman–Crippen MR) is 55.2 cm³/mol. The Bertz CT molecular complexity index is 310. The van der Waals surface area contributed by atoms with E-state index in [1.807, 2.05) is 13.1 Å². The summed E-state index contributed by atoms with van der Waals surface area (Å²) < 4.78 is 0. The fourth-order valence-corrected chi connectivity index (χ4v) is 1.47. The molecule has 1 heterocycles. The van der Waals surface area contributed by atoms with Crippen molar-refractivity contribution in [3.63, 3.8) is 0 Å². The van der Waals surface area contributed by atoms with E-state index < -0.39 is 0 Å². The second-order valence-electron chi connectivity index (χ2n) is 3.28. The monoisotopic (exact) mass is 171 g/mol. The van der Waals surface area contributed by atoms with E-state index in [0.29, 0.717) is 5.92 Å². The van der Waals surface area contributed by atoms with Crippen LogP contribution in [0.1, 0.15) is 11.5 Å². The topological polar surface area (TPSA) is 3.24 Å². The molecule has 0 aliphatic carbocycles. The Morgan fingerprint density at radius 1 is 1.00 bits per heavy atom. The van der Waals surface area contributed by atoms with Crippen molar-refractivity contribution in [1.82, 2.24) is 4.90 Å². The van der Waals surface area contributed by atoms with Gasteiger partial charge in [0, 0.05) is 25.4 Å². The lowest BCUT2D eigenvalue weighted by Crippen LogP contribution is -2.06. The largest absolute Gasteiger partial charge is 0.358 e. The van der Waals surface area contributed by atoms with E-state index in [4.69, 9.17) is 0 Å². The van der Waals surface area contributed by atoms with Crippen molar-refractivity contribution in [2.24, 2.45) is 0 Å². The third kappa shape index (κ3) is 1.81. The van der Waals surface area contributed by atoms with Crippen molar-refractivity contribution in [3.8, 4) is 0 Å². The first-order chi connectivity index (χ1) is 6.36. The summed E-state index contributed by atoms with van der Waals surface area (Å²) in [6, 6.07) is 10.5. The predicted octanol–water partition coefficient (Wildman–Crippen LogP) is 2.74. The van der Waals surface area contributed by atoms with Crippen LogP contribution in [0, 0.1) is 0 Å². The van der Waals surface area contributed by atoms with Crippen molar-refractivity contribution < 1.29 is 0 Å². The third-order valence-corrected chi connectivity index (χ3v) is 2.24. The lowest BCUT2D eigenvalue weighted by molar-refractivity contribution is 0.605. The average molecular weight is 171 g/mol. The summed E-state index contributed by atoms with van der Waals surface area (Å²) in [5, 5.41) is 0. The SMILES string of the molecule is CN1C=CC(c2ccccc2)C=C1. The van der Waals surface area contributed by atoms with Gasteiger partial charge in [-0.3, -0.25) is 0 Å². The maximum atomic E-state index is 2.20. The first kappa shape index (κ1) is 8.11. The Morgan fingerprint density at radius 2 is 1.62 bits per heavy atom. The maximum Gasteiger partial charge on any atom is 0.0233 e. The Labute approximate surface area is 79.0 Å². The molecule has 0 atom stereocenters. The average Bonchev–Trinajstić information content (AvgIpc) is 2.20. The molecule has 1 aliphatic rings. The molecule has 0 amide bonds. The van der Waals surface area contributed by atoms with Gasteiger partial charge < -0.3 is 4.90 Å². The fraction of sp³-hybridized carbons (Fsp3) is 0.167. The molecule has 13 heavy (non-hydrogen) atoms. The molecule has 0 spiro atoms. The molecule has 0 radical (unpaired) electrons. The van der Waals surface area contributed by atoms with Gasteiger partial charge in [0.05, 0.1) is 0 Å². The van der Waals surface area contributed by atoms with Gasteiger partial charge in [0.15, 0.2) is 0 Å². The second-order valence-corrected chi connectivity index (χ2v) is 3.28. The molecule has 2 rings (SSSR count). The van der Waals surface area contributed by atoms with Gasteiger partial charge >= 0.3 is 0 Å². The molecule has 0 fully saturated rings. The normalized spacial score (nSPS) is 16.5. The lowest BCUT2D eigenvalue weighted by atomic mass is 9.98. The molecule has 1 aliphatic heterocycles. The highest BCUT2D eigenvalue weighted by molar-refractivity contribution is 5.30. The molecule has 1 aromatic carbocycles. The molecular formula is C12H13N. The third-order valence-electron chi connectivity index (χ3n) is 2.24. The molecule has 0 saturated carbocycles. The Hall–Kier alpha value is -1.50. The van der Waals surface area contributed by atoms with Crippen LogP contribution in [0.2, 0.25) is 0 Å². The minimum atomic E-state index is 0.442. The van der Waals surface area contributed by atoms with E-state index >= 15 is 0 Å². The molecule has 1 heteroatoms. The quantitative estimate of drug-likeness (QED) is 0.628. The standard InChI is InChI=1S/C12H13N/c1-13-9-7-12(8-10-13)11-5-3-2-4-6-11/h2-10,12H,1H3. The number of nitrogens with zero attached hydrogens (tertiary/aromatic N) is 1. The van der Waals surface area contributed by atoms with Crippen LogP contribution in [-0.2, 0) is 0 Å². The highest BCUT2D eigenvalue weighted by Crippen LogP contribution is 2.21. The van der Waals surface area contributed by atoms with Crippen LogP contribution in [0.5, 0.6) is 0 Å². The van der Waals surface area contributed by atoms with Crippen LogP contribution in [-0.4, -0.2) is 11.9 Å². The Morgan fingerprint density at radius 3 is 2.23 bits per heavy atom. The van der Waals surface area contributed by atoms with Crippen molar-refractivity contribution in [1.29, 1.82) is 0 Å². The van der Waals surface area contributed by atoms with E-state index in [9.17, 15) is 0 Å². The molecule has 0 aromatic heterocycles. The van der Waals surface area contributed by atoms with Crippen molar-refractivity contribution in [3.05, 3.63) is 60.4 Å². The van der Waals surface area contributed by atoms with E-state index in [1.165, 1.54) is 5.56 Å². The summed E-state index contributed by atoms with van der Waals surface area (Å²) in [5.74, 6) is 0.442. The Balaban J connectivity index is 2.20. The van der Waals surface area contributed by atoms with Crippen LogP contribution >= 0.6 is 0 Å². The molecule has 0 N–H and O–H groups in total. The van der Waals surface area contributed by atoms with E-state index in [1.54, 1.807) is 0 Å². The zero-order valence-corrected chi connectivity index (χ0v) is 7.72. The van der Waals surface area contributed by atoms with Gasteiger partial charge in [-0.15, -0.1) is 0 Å². The minimum Gasteiger partial charge on any atom is -0.358 e. The summed E-state index contributed by atoms with van der Waals surface area (Å²) >= 11 is 0. The summed E-state index contributed by atoms with van der Waals surface area (Å²) in [5.41, 5.74) is 1.35. The first-order valence-electron chi connectivity index (χ1n) is 4.50. The molecule has 0 bridgehead atoms. The number of hydrogen-bond acceptors (Lipinski definition) is 1.